The van der Waals surface area contributed by atoms with Crippen molar-refractivity contribution in [1.82, 2.24) is 10.3 Å². The minimum Gasteiger partial charge on any atom is -0.351 e. The third-order valence-electron chi connectivity index (χ3n) is 4.26. The number of anilines is 1. The number of amides is 2. The minimum absolute atomic E-state index is 0.233. The van der Waals surface area contributed by atoms with Crippen molar-refractivity contribution in [2.45, 2.75) is 46.5 Å². The van der Waals surface area contributed by atoms with E-state index < -0.39 is 0 Å². The fourth-order valence-corrected chi connectivity index (χ4v) is 2.73. The largest absolute Gasteiger partial charge is 0.351 e. The van der Waals surface area contributed by atoms with Crippen LogP contribution < -0.4 is 10.6 Å². The van der Waals surface area contributed by atoms with E-state index in [4.69, 9.17) is 0 Å². The van der Waals surface area contributed by atoms with Crippen LogP contribution in [0.2, 0.25) is 0 Å². The van der Waals surface area contributed by atoms with E-state index in [2.05, 4.69) is 22.5 Å². The Labute approximate surface area is 155 Å². The summed E-state index contributed by atoms with van der Waals surface area (Å²) in [7, 11) is 0. The Morgan fingerprint density at radius 2 is 1.65 bits per heavy atom. The van der Waals surface area contributed by atoms with E-state index in [1.54, 1.807) is 18.2 Å². The van der Waals surface area contributed by atoms with Gasteiger partial charge >= 0.3 is 0 Å². The number of benzene rings is 1. The molecule has 5 heteroatoms. The molecule has 0 bridgehead atoms. The van der Waals surface area contributed by atoms with Crippen LogP contribution in [0.3, 0.4) is 0 Å². The quantitative estimate of drug-likeness (QED) is 0.701. The first kappa shape index (κ1) is 19.6. The fourth-order valence-electron chi connectivity index (χ4n) is 2.73. The molecule has 2 amide bonds. The SMILES string of the molecule is CCCCCNC(=O)c1cccc(C(=O)Nc2c(C)cccc2CC)n1. The predicted molar refractivity (Wildman–Crippen MR) is 105 cm³/mol. The van der Waals surface area contributed by atoms with Crippen LogP contribution in [0.5, 0.6) is 0 Å². The molecule has 0 fully saturated rings. The van der Waals surface area contributed by atoms with E-state index in [-0.39, 0.29) is 23.2 Å². The summed E-state index contributed by atoms with van der Waals surface area (Å²) in [4.78, 5) is 29.0. The van der Waals surface area contributed by atoms with Crippen molar-refractivity contribution in [3.05, 3.63) is 58.9 Å². The Bertz CT molecular complexity index is 772. The Balaban J connectivity index is 2.10. The highest BCUT2D eigenvalue weighted by Gasteiger charge is 2.14. The first-order valence-corrected chi connectivity index (χ1v) is 9.21. The number of aromatic nitrogens is 1. The van der Waals surface area contributed by atoms with Crippen LogP contribution in [-0.2, 0) is 6.42 Å². The van der Waals surface area contributed by atoms with Gasteiger partial charge in [0.05, 0.1) is 0 Å². The summed E-state index contributed by atoms with van der Waals surface area (Å²) in [6.07, 6.45) is 3.94. The maximum absolute atomic E-state index is 12.6. The summed E-state index contributed by atoms with van der Waals surface area (Å²) in [5, 5.41) is 5.78. The summed E-state index contributed by atoms with van der Waals surface area (Å²) >= 11 is 0. The molecule has 1 aromatic heterocycles. The van der Waals surface area contributed by atoms with E-state index >= 15 is 0 Å². The van der Waals surface area contributed by atoms with Crippen molar-refractivity contribution >= 4 is 17.5 Å². The molecular formula is C21H27N3O2. The number of hydrogen-bond acceptors (Lipinski definition) is 3. The minimum atomic E-state index is -0.311. The van der Waals surface area contributed by atoms with Gasteiger partial charge in [-0.2, -0.15) is 0 Å². The van der Waals surface area contributed by atoms with Gasteiger partial charge in [0.25, 0.3) is 11.8 Å². The van der Waals surface area contributed by atoms with Crippen LogP contribution in [0, 0.1) is 6.92 Å². The topological polar surface area (TPSA) is 71.1 Å². The highest BCUT2D eigenvalue weighted by Crippen LogP contribution is 2.21. The van der Waals surface area contributed by atoms with Gasteiger partial charge in [-0.3, -0.25) is 9.59 Å². The Hall–Kier alpha value is -2.69. The number of aryl methyl sites for hydroxylation is 2. The van der Waals surface area contributed by atoms with Crippen LogP contribution in [0.15, 0.2) is 36.4 Å². The molecule has 0 unspecified atom stereocenters. The van der Waals surface area contributed by atoms with Crippen LogP contribution in [0.1, 0.15) is 65.2 Å². The van der Waals surface area contributed by atoms with E-state index in [9.17, 15) is 9.59 Å². The number of hydrogen-bond donors (Lipinski definition) is 2. The molecule has 0 atom stereocenters. The molecule has 5 nitrogen and oxygen atoms in total. The zero-order chi connectivity index (χ0) is 18.9. The first-order chi connectivity index (χ1) is 12.6. The second kappa shape index (κ2) is 9.70. The van der Waals surface area contributed by atoms with Gasteiger partial charge in [0.2, 0.25) is 0 Å². The maximum Gasteiger partial charge on any atom is 0.274 e. The smallest absolute Gasteiger partial charge is 0.274 e. The highest BCUT2D eigenvalue weighted by atomic mass is 16.2. The van der Waals surface area contributed by atoms with Gasteiger partial charge in [-0.05, 0) is 43.0 Å². The van der Waals surface area contributed by atoms with Crippen molar-refractivity contribution in [2.75, 3.05) is 11.9 Å². The molecule has 1 aromatic carbocycles. The van der Waals surface area contributed by atoms with Gasteiger partial charge in [-0.25, -0.2) is 4.98 Å². The monoisotopic (exact) mass is 353 g/mol. The molecule has 2 rings (SSSR count). The van der Waals surface area contributed by atoms with Crippen molar-refractivity contribution < 1.29 is 9.59 Å². The number of nitrogens with zero attached hydrogens (tertiary/aromatic N) is 1. The summed E-state index contributed by atoms with van der Waals surface area (Å²) in [6, 6.07) is 10.9. The van der Waals surface area contributed by atoms with Crippen LogP contribution in [-0.4, -0.2) is 23.3 Å². The molecule has 0 saturated heterocycles. The number of para-hydroxylation sites is 1. The maximum atomic E-state index is 12.6. The molecule has 0 aliphatic rings. The van der Waals surface area contributed by atoms with Crippen LogP contribution in [0.4, 0.5) is 5.69 Å². The van der Waals surface area contributed by atoms with Crippen LogP contribution in [0.25, 0.3) is 0 Å². The van der Waals surface area contributed by atoms with Crippen LogP contribution >= 0.6 is 0 Å². The zero-order valence-electron chi connectivity index (χ0n) is 15.8. The van der Waals surface area contributed by atoms with E-state index in [0.717, 1.165) is 42.5 Å². The summed E-state index contributed by atoms with van der Waals surface area (Å²) in [5.74, 6) is -0.560. The Morgan fingerprint density at radius 3 is 2.35 bits per heavy atom. The van der Waals surface area contributed by atoms with Crippen molar-refractivity contribution in [1.29, 1.82) is 0 Å². The Morgan fingerprint density at radius 1 is 0.962 bits per heavy atom. The highest BCUT2D eigenvalue weighted by molar-refractivity contribution is 6.04. The van der Waals surface area contributed by atoms with Crippen molar-refractivity contribution in [2.24, 2.45) is 0 Å². The summed E-state index contributed by atoms with van der Waals surface area (Å²) < 4.78 is 0. The van der Waals surface area contributed by atoms with Gasteiger partial charge in [-0.1, -0.05) is 51.0 Å². The lowest BCUT2D eigenvalue weighted by Gasteiger charge is -2.13. The lowest BCUT2D eigenvalue weighted by atomic mass is 10.1. The molecule has 26 heavy (non-hydrogen) atoms. The third kappa shape index (κ3) is 5.15. The Kier molecular flexibility index (Phi) is 7.33. The molecule has 0 saturated carbocycles. The molecular weight excluding hydrogens is 326 g/mol. The predicted octanol–water partition coefficient (Wildman–Crippen LogP) is 4.12. The average molecular weight is 353 g/mol. The number of nitrogens with one attached hydrogen (secondary N) is 2. The van der Waals surface area contributed by atoms with E-state index in [1.807, 2.05) is 32.0 Å². The standard InChI is InChI=1S/C21H27N3O2/c1-4-6-7-14-22-20(25)17-12-9-13-18(23-17)21(26)24-19-15(3)10-8-11-16(19)5-2/h8-13H,4-7,14H2,1-3H3,(H,22,25)(H,24,26). The van der Waals surface area contributed by atoms with Gasteiger partial charge < -0.3 is 10.6 Å². The zero-order valence-corrected chi connectivity index (χ0v) is 15.8. The van der Waals surface area contributed by atoms with Crippen molar-refractivity contribution in [3.8, 4) is 0 Å². The summed E-state index contributed by atoms with van der Waals surface area (Å²) in [6.45, 7) is 6.74. The first-order valence-electron chi connectivity index (χ1n) is 9.21. The summed E-state index contributed by atoms with van der Waals surface area (Å²) in [5.41, 5.74) is 3.38. The number of carbonyl (C=O) groups is 2. The molecule has 138 valence electrons. The number of pyridine rings is 1. The average Bonchev–Trinajstić information content (AvgIpc) is 2.66. The molecule has 2 aromatic rings. The fraction of sp³-hybridized carbons (Fsp3) is 0.381. The second-order valence-electron chi connectivity index (χ2n) is 6.29. The molecule has 0 aliphatic carbocycles. The van der Waals surface area contributed by atoms with E-state index in [0.29, 0.717) is 6.54 Å². The van der Waals surface area contributed by atoms with Gasteiger partial charge in [0, 0.05) is 12.2 Å². The normalized spacial score (nSPS) is 10.4. The van der Waals surface area contributed by atoms with Crippen molar-refractivity contribution in [3.63, 3.8) is 0 Å². The molecule has 2 N–H and O–H groups in total. The molecule has 1 heterocycles. The van der Waals surface area contributed by atoms with Gasteiger partial charge in [-0.15, -0.1) is 0 Å². The molecule has 0 radical (unpaired) electrons. The molecule has 0 aliphatic heterocycles. The lowest BCUT2D eigenvalue weighted by Crippen LogP contribution is -2.26. The number of rotatable bonds is 8. The lowest BCUT2D eigenvalue weighted by molar-refractivity contribution is 0.0947. The number of carbonyl (C=O) groups excluding carboxylic acids is 2. The van der Waals surface area contributed by atoms with Gasteiger partial charge in [0.1, 0.15) is 11.4 Å². The molecule has 0 spiro atoms. The number of unbranched alkanes of at least 4 members (excludes halogenated alkanes) is 2. The van der Waals surface area contributed by atoms with Gasteiger partial charge in [0.15, 0.2) is 0 Å². The third-order valence-corrected chi connectivity index (χ3v) is 4.26. The second-order valence-corrected chi connectivity index (χ2v) is 6.29. The van der Waals surface area contributed by atoms with E-state index in [1.165, 1.54) is 0 Å².